The zero-order chi connectivity index (χ0) is 13.8. The molecule has 4 nitrogen and oxygen atoms in total. The predicted molar refractivity (Wildman–Crippen MR) is 70.2 cm³/mol. The minimum atomic E-state index is -3.76. The van der Waals surface area contributed by atoms with E-state index >= 15 is 0 Å². The molecule has 0 fully saturated rings. The average Bonchev–Trinajstić information content (AvgIpc) is 2.29. The Kier molecular flexibility index (Phi) is 5.71. The van der Waals surface area contributed by atoms with Gasteiger partial charge in [-0.05, 0) is 53.9 Å². The quantitative estimate of drug-likeness (QED) is 0.833. The van der Waals surface area contributed by atoms with Gasteiger partial charge in [-0.2, -0.15) is 0 Å². The largest absolute Gasteiger partial charge is 0.396 e. The number of aliphatic hydroxyl groups is 1. The molecular weight excluding hydrogens is 325 g/mol. The molecule has 1 aromatic carbocycles. The maximum absolute atomic E-state index is 13.1. The fraction of sp³-hybridized carbons (Fsp3) is 0.455. The van der Waals surface area contributed by atoms with Crippen LogP contribution in [0.2, 0.25) is 0 Å². The Labute approximate surface area is 114 Å². The number of benzene rings is 1. The van der Waals surface area contributed by atoms with Gasteiger partial charge in [0.2, 0.25) is 10.0 Å². The molecule has 7 heteroatoms. The molecule has 0 heterocycles. The first-order valence-electron chi connectivity index (χ1n) is 5.45. The van der Waals surface area contributed by atoms with Crippen LogP contribution in [0.3, 0.4) is 0 Å². The second kappa shape index (κ2) is 6.60. The molecule has 0 bridgehead atoms. The molecule has 0 aliphatic rings. The third-order valence-corrected chi connectivity index (χ3v) is 4.92. The van der Waals surface area contributed by atoms with Crippen molar-refractivity contribution in [3.63, 3.8) is 0 Å². The lowest BCUT2D eigenvalue weighted by atomic mass is 10.2. The summed E-state index contributed by atoms with van der Waals surface area (Å²) in [5.41, 5.74) is 0. The Morgan fingerprint density at radius 2 is 2.17 bits per heavy atom. The summed E-state index contributed by atoms with van der Waals surface area (Å²) in [4.78, 5) is -0.127. The number of halogens is 2. The molecule has 2 N–H and O–H groups in total. The Morgan fingerprint density at radius 1 is 1.50 bits per heavy atom. The number of hydrogen-bond donors (Lipinski definition) is 2. The minimum absolute atomic E-state index is 0.00965. The van der Waals surface area contributed by atoms with Crippen LogP contribution in [0, 0.1) is 5.82 Å². The Morgan fingerprint density at radius 3 is 2.78 bits per heavy atom. The molecule has 0 radical (unpaired) electrons. The topological polar surface area (TPSA) is 66.4 Å². The molecule has 1 atom stereocenters. The lowest BCUT2D eigenvalue weighted by Crippen LogP contribution is -2.33. The molecule has 0 amide bonds. The van der Waals surface area contributed by atoms with Crippen molar-refractivity contribution in [1.82, 2.24) is 4.72 Å². The van der Waals surface area contributed by atoms with Gasteiger partial charge >= 0.3 is 0 Å². The molecule has 0 aromatic heterocycles. The van der Waals surface area contributed by atoms with Gasteiger partial charge in [0.25, 0.3) is 0 Å². The molecular formula is C11H15BrFNO3S. The number of sulfonamides is 1. The summed E-state index contributed by atoms with van der Waals surface area (Å²) in [5, 5.41) is 8.68. The zero-order valence-corrected chi connectivity index (χ0v) is 12.3. The SMILES string of the molecule is CC(CCCO)NS(=O)(=O)c1cc(F)ccc1Br. The highest BCUT2D eigenvalue weighted by Gasteiger charge is 2.20. The molecule has 0 saturated heterocycles. The van der Waals surface area contributed by atoms with E-state index in [2.05, 4.69) is 20.7 Å². The third kappa shape index (κ3) is 4.31. The van der Waals surface area contributed by atoms with Crippen molar-refractivity contribution < 1.29 is 17.9 Å². The lowest BCUT2D eigenvalue weighted by Gasteiger charge is -2.14. The van der Waals surface area contributed by atoms with Crippen LogP contribution in [0.4, 0.5) is 4.39 Å². The van der Waals surface area contributed by atoms with Crippen LogP contribution >= 0.6 is 15.9 Å². The molecule has 0 spiro atoms. The summed E-state index contributed by atoms with van der Waals surface area (Å²) < 4.78 is 39.8. The van der Waals surface area contributed by atoms with E-state index in [0.717, 1.165) is 6.07 Å². The van der Waals surface area contributed by atoms with Crippen molar-refractivity contribution in [2.24, 2.45) is 0 Å². The molecule has 0 aliphatic carbocycles. The molecule has 18 heavy (non-hydrogen) atoms. The van der Waals surface area contributed by atoms with Crippen molar-refractivity contribution in [2.75, 3.05) is 6.61 Å². The summed E-state index contributed by atoms with van der Waals surface area (Å²) >= 11 is 3.08. The van der Waals surface area contributed by atoms with Gasteiger partial charge in [0.1, 0.15) is 5.82 Å². The van der Waals surface area contributed by atoms with E-state index in [9.17, 15) is 12.8 Å². The van der Waals surface area contributed by atoms with E-state index in [-0.39, 0.29) is 17.5 Å². The van der Waals surface area contributed by atoms with E-state index < -0.39 is 15.8 Å². The highest BCUT2D eigenvalue weighted by molar-refractivity contribution is 9.10. The number of nitrogens with one attached hydrogen (secondary N) is 1. The normalized spacial score (nSPS) is 13.6. The maximum Gasteiger partial charge on any atom is 0.242 e. The van der Waals surface area contributed by atoms with Gasteiger partial charge < -0.3 is 5.11 Å². The van der Waals surface area contributed by atoms with E-state index in [1.54, 1.807) is 6.92 Å². The lowest BCUT2D eigenvalue weighted by molar-refractivity contribution is 0.279. The monoisotopic (exact) mass is 339 g/mol. The number of hydrogen-bond acceptors (Lipinski definition) is 3. The summed E-state index contributed by atoms with van der Waals surface area (Å²) in [6.45, 7) is 1.70. The Bertz CT molecular complexity index is 507. The average molecular weight is 340 g/mol. The van der Waals surface area contributed by atoms with Crippen molar-refractivity contribution >= 4 is 26.0 Å². The highest BCUT2D eigenvalue weighted by Crippen LogP contribution is 2.23. The predicted octanol–water partition coefficient (Wildman–Crippen LogP) is 2.03. The molecule has 0 aliphatic heterocycles. The van der Waals surface area contributed by atoms with Crippen LogP contribution in [0.25, 0.3) is 0 Å². The Hall–Kier alpha value is -0.500. The number of aliphatic hydroxyl groups excluding tert-OH is 1. The van der Waals surface area contributed by atoms with Crippen LogP contribution in [0.1, 0.15) is 19.8 Å². The van der Waals surface area contributed by atoms with Gasteiger partial charge in [0, 0.05) is 17.1 Å². The maximum atomic E-state index is 13.1. The van der Waals surface area contributed by atoms with Gasteiger partial charge in [0.05, 0.1) is 4.90 Å². The van der Waals surface area contributed by atoms with Gasteiger partial charge in [-0.1, -0.05) is 0 Å². The summed E-state index contributed by atoms with van der Waals surface area (Å²) in [5.74, 6) is -0.610. The highest BCUT2D eigenvalue weighted by atomic mass is 79.9. The van der Waals surface area contributed by atoms with Crippen molar-refractivity contribution in [1.29, 1.82) is 0 Å². The van der Waals surface area contributed by atoms with Crippen LogP contribution in [0.5, 0.6) is 0 Å². The van der Waals surface area contributed by atoms with E-state index in [1.165, 1.54) is 12.1 Å². The van der Waals surface area contributed by atoms with Crippen LogP contribution < -0.4 is 4.72 Å². The Balaban J connectivity index is 2.89. The second-order valence-corrected chi connectivity index (χ2v) is 6.50. The standard InChI is InChI=1S/C11H15BrFNO3S/c1-8(3-2-6-15)14-18(16,17)11-7-9(13)4-5-10(11)12/h4-5,7-8,14-15H,2-3,6H2,1H3. The molecule has 1 unspecified atom stereocenters. The first kappa shape index (κ1) is 15.6. The molecule has 0 saturated carbocycles. The van der Waals surface area contributed by atoms with Crippen LogP contribution in [-0.2, 0) is 10.0 Å². The van der Waals surface area contributed by atoms with Crippen LogP contribution in [-0.4, -0.2) is 26.2 Å². The summed E-state index contributed by atoms with van der Waals surface area (Å²) in [6, 6.07) is 3.17. The fourth-order valence-corrected chi connectivity index (χ4v) is 3.72. The molecule has 1 aromatic rings. The van der Waals surface area contributed by atoms with E-state index in [0.29, 0.717) is 17.3 Å². The fourth-order valence-electron chi connectivity index (χ4n) is 1.47. The smallest absolute Gasteiger partial charge is 0.242 e. The van der Waals surface area contributed by atoms with Gasteiger partial charge in [-0.15, -0.1) is 0 Å². The molecule has 102 valence electrons. The second-order valence-electron chi connectivity index (χ2n) is 3.96. The minimum Gasteiger partial charge on any atom is -0.396 e. The van der Waals surface area contributed by atoms with Crippen molar-refractivity contribution in [3.8, 4) is 0 Å². The van der Waals surface area contributed by atoms with E-state index in [4.69, 9.17) is 5.11 Å². The first-order valence-corrected chi connectivity index (χ1v) is 7.72. The van der Waals surface area contributed by atoms with Gasteiger partial charge in [-0.25, -0.2) is 17.5 Å². The summed E-state index contributed by atoms with van der Waals surface area (Å²) in [7, 11) is -3.76. The summed E-state index contributed by atoms with van der Waals surface area (Å²) in [6.07, 6.45) is 1.02. The van der Waals surface area contributed by atoms with Crippen molar-refractivity contribution in [2.45, 2.75) is 30.7 Å². The first-order chi connectivity index (χ1) is 8.36. The van der Waals surface area contributed by atoms with Gasteiger partial charge in [-0.3, -0.25) is 0 Å². The van der Waals surface area contributed by atoms with E-state index in [1.807, 2.05) is 0 Å². The van der Waals surface area contributed by atoms with Crippen molar-refractivity contribution in [3.05, 3.63) is 28.5 Å². The zero-order valence-electron chi connectivity index (χ0n) is 9.86. The molecule has 1 rings (SSSR count). The third-order valence-electron chi connectivity index (χ3n) is 2.33. The van der Waals surface area contributed by atoms with Crippen LogP contribution in [0.15, 0.2) is 27.6 Å². The van der Waals surface area contributed by atoms with Gasteiger partial charge in [0.15, 0.2) is 0 Å². The number of rotatable bonds is 6.